The van der Waals surface area contributed by atoms with Crippen LogP contribution in [0.1, 0.15) is 37.8 Å². The molecular weight excluding hydrogens is 803 g/mol. The maximum absolute atomic E-state index is 15.1. The summed E-state index contributed by atoms with van der Waals surface area (Å²) in [5.41, 5.74) is 8.54. The van der Waals surface area contributed by atoms with Gasteiger partial charge in [0.1, 0.15) is 34.6 Å². The Labute approximate surface area is 369 Å². The topological polar surface area (TPSA) is 68.8 Å². The summed E-state index contributed by atoms with van der Waals surface area (Å²) < 4.78 is 47.4. The Balaban J connectivity index is 0.915. The van der Waals surface area contributed by atoms with Crippen LogP contribution in [0.3, 0.4) is 0 Å². The standard InChI is InChI=1S/C56H46F2N2O4/c1-33-27-45(55(61)51(29-33)59-47-17-9-5-13-39(47)40-14-6-10-18-48(40)59)43-31-37(57)23-25-53(43)63-35(3)21-22-36(4)64-54-26-24-38(58)32-44(54)46-28-34(2)30-52(56(46)62)60-49-19-11-7-15-41(49)42-16-8-12-20-50(42)60/h5-20,23-32,35-36,61-62H,21-22H2,1-4H3/t35-,36+. The molecule has 0 saturated heterocycles. The Morgan fingerprint density at radius 1 is 0.438 bits per heavy atom. The first-order chi connectivity index (χ1) is 31.0. The summed E-state index contributed by atoms with van der Waals surface area (Å²) in [5.74, 6) is -0.00226. The van der Waals surface area contributed by atoms with E-state index in [1.807, 2.05) is 125 Å². The van der Waals surface area contributed by atoms with Gasteiger partial charge in [-0.3, -0.25) is 0 Å². The zero-order valence-corrected chi connectivity index (χ0v) is 35.9. The number of nitrogens with zero attached hydrogens (tertiary/aromatic N) is 2. The van der Waals surface area contributed by atoms with Gasteiger partial charge < -0.3 is 28.8 Å². The molecule has 0 aliphatic carbocycles. The molecule has 8 aromatic carbocycles. The number of phenolic OH excluding ortho intramolecular Hbond substituents is 2. The molecule has 0 bridgehead atoms. The normalized spacial score (nSPS) is 12.7. The lowest BCUT2D eigenvalue weighted by atomic mass is 9.99. The summed E-state index contributed by atoms with van der Waals surface area (Å²) in [6, 6.07) is 48.7. The van der Waals surface area contributed by atoms with E-state index in [4.69, 9.17) is 9.47 Å². The Bertz CT molecular complexity index is 3090. The minimum Gasteiger partial charge on any atom is -0.505 e. The van der Waals surface area contributed by atoms with E-state index in [0.29, 0.717) is 58.0 Å². The molecule has 318 valence electrons. The number of aromatic nitrogens is 2. The molecule has 2 aromatic heterocycles. The molecule has 2 atom stereocenters. The number of halogens is 2. The highest BCUT2D eigenvalue weighted by molar-refractivity contribution is 6.10. The highest BCUT2D eigenvalue weighted by Crippen LogP contribution is 2.45. The van der Waals surface area contributed by atoms with E-state index >= 15 is 8.78 Å². The van der Waals surface area contributed by atoms with Gasteiger partial charge in [0.05, 0.1) is 45.6 Å². The van der Waals surface area contributed by atoms with Crippen molar-refractivity contribution >= 4 is 43.6 Å². The van der Waals surface area contributed by atoms with Gasteiger partial charge in [0.15, 0.2) is 0 Å². The number of aromatic hydroxyl groups is 2. The fourth-order valence-corrected chi connectivity index (χ4v) is 9.29. The van der Waals surface area contributed by atoms with Gasteiger partial charge in [-0.1, -0.05) is 72.8 Å². The van der Waals surface area contributed by atoms with E-state index in [1.54, 1.807) is 12.1 Å². The number of rotatable bonds is 11. The quantitative estimate of drug-likeness (QED) is 0.136. The smallest absolute Gasteiger partial charge is 0.147 e. The second-order valence-electron chi connectivity index (χ2n) is 16.8. The summed E-state index contributed by atoms with van der Waals surface area (Å²) in [4.78, 5) is 0. The summed E-state index contributed by atoms with van der Waals surface area (Å²) >= 11 is 0. The van der Waals surface area contributed by atoms with Crippen LogP contribution in [0, 0.1) is 25.5 Å². The maximum Gasteiger partial charge on any atom is 0.147 e. The van der Waals surface area contributed by atoms with Crippen molar-refractivity contribution in [2.24, 2.45) is 0 Å². The Kier molecular flexibility index (Phi) is 10.3. The number of para-hydroxylation sites is 4. The molecule has 2 heterocycles. The molecule has 0 saturated carbocycles. The molecule has 2 N–H and O–H groups in total. The van der Waals surface area contributed by atoms with E-state index in [2.05, 4.69) is 33.4 Å². The number of benzene rings is 8. The molecule has 8 heteroatoms. The number of hydrogen-bond acceptors (Lipinski definition) is 4. The van der Waals surface area contributed by atoms with E-state index < -0.39 is 11.6 Å². The Hall–Kier alpha value is -7.58. The molecule has 0 amide bonds. The number of ether oxygens (including phenoxy) is 2. The van der Waals surface area contributed by atoms with Crippen molar-refractivity contribution in [2.45, 2.75) is 52.7 Å². The lowest BCUT2D eigenvalue weighted by Gasteiger charge is -2.22. The van der Waals surface area contributed by atoms with Gasteiger partial charge in [-0.2, -0.15) is 0 Å². The van der Waals surface area contributed by atoms with Crippen molar-refractivity contribution in [3.63, 3.8) is 0 Å². The minimum absolute atomic E-state index is 0.0131. The SMILES string of the molecule is Cc1cc(-c2cc(F)ccc2O[C@H](C)CC[C@H](C)Oc2ccc(F)cc2-c2cc(C)cc(-n3c4ccccc4c4ccccc43)c2O)c(O)c(-n2c3ccccc3c3ccccc32)c1. The van der Waals surface area contributed by atoms with Crippen LogP contribution in [0.25, 0.3) is 77.2 Å². The van der Waals surface area contributed by atoms with Gasteiger partial charge in [0.2, 0.25) is 0 Å². The van der Waals surface area contributed by atoms with Gasteiger partial charge in [0.25, 0.3) is 0 Å². The predicted molar refractivity (Wildman–Crippen MR) is 255 cm³/mol. The van der Waals surface area contributed by atoms with Gasteiger partial charge in [0, 0.05) is 43.8 Å². The van der Waals surface area contributed by atoms with Crippen LogP contribution in [0.5, 0.6) is 23.0 Å². The predicted octanol–water partition coefficient (Wildman–Crippen LogP) is 14.5. The molecule has 0 fully saturated rings. The summed E-state index contributed by atoms with van der Waals surface area (Å²) in [7, 11) is 0. The second kappa shape index (κ2) is 16.3. The molecule has 10 rings (SSSR count). The molecule has 0 spiro atoms. The van der Waals surface area contributed by atoms with Crippen molar-refractivity contribution in [3.8, 4) is 56.6 Å². The van der Waals surface area contributed by atoms with Crippen molar-refractivity contribution in [1.29, 1.82) is 0 Å². The van der Waals surface area contributed by atoms with Crippen LogP contribution < -0.4 is 9.47 Å². The summed E-state index contributed by atoms with van der Waals surface area (Å²) in [5, 5.41) is 28.4. The van der Waals surface area contributed by atoms with Crippen LogP contribution >= 0.6 is 0 Å². The number of phenols is 2. The van der Waals surface area contributed by atoms with Crippen LogP contribution in [0.2, 0.25) is 0 Å². The zero-order chi connectivity index (χ0) is 44.2. The molecule has 0 radical (unpaired) electrons. The van der Waals surface area contributed by atoms with Crippen molar-refractivity contribution in [1.82, 2.24) is 9.13 Å². The lowest BCUT2D eigenvalue weighted by molar-refractivity contribution is 0.161. The monoisotopic (exact) mass is 848 g/mol. The number of fused-ring (bicyclic) bond motifs is 6. The summed E-state index contributed by atoms with van der Waals surface area (Å²) in [6.45, 7) is 7.82. The third kappa shape index (κ3) is 7.15. The van der Waals surface area contributed by atoms with E-state index in [1.165, 1.54) is 24.3 Å². The van der Waals surface area contributed by atoms with E-state index in [-0.39, 0.29) is 23.7 Å². The van der Waals surface area contributed by atoms with E-state index in [0.717, 1.165) is 54.7 Å². The third-order valence-corrected chi connectivity index (χ3v) is 12.2. The first-order valence-electron chi connectivity index (χ1n) is 21.6. The van der Waals surface area contributed by atoms with Crippen LogP contribution in [-0.4, -0.2) is 31.6 Å². The van der Waals surface area contributed by atoms with Gasteiger partial charge in [-0.05, 0) is 137 Å². The average Bonchev–Trinajstić information content (AvgIpc) is 3.81. The molecule has 64 heavy (non-hydrogen) atoms. The van der Waals surface area contributed by atoms with Crippen molar-refractivity contribution in [3.05, 3.63) is 180 Å². The second-order valence-corrected chi connectivity index (χ2v) is 16.8. The first kappa shape index (κ1) is 40.5. The highest BCUT2D eigenvalue weighted by atomic mass is 19.1. The van der Waals surface area contributed by atoms with E-state index in [9.17, 15) is 10.2 Å². The maximum atomic E-state index is 15.1. The lowest BCUT2D eigenvalue weighted by Crippen LogP contribution is -2.19. The van der Waals surface area contributed by atoms with Crippen molar-refractivity contribution < 1.29 is 28.5 Å². The zero-order valence-electron chi connectivity index (χ0n) is 35.9. The van der Waals surface area contributed by atoms with Crippen LogP contribution in [-0.2, 0) is 0 Å². The molecule has 0 aliphatic rings. The summed E-state index contributed by atoms with van der Waals surface area (Å²) in [6.07, 6.45) is 0.464. The molecular formula is C56H46F2N2O4. The molecule has 10 aromatic rings. The van der Waals surface area contributed by atoms with Crippen molar-refractivity contribution in [2.75, 3.05) is 0 Å². The Morgan fingerprint density at radius 3 is 1.11 bits per heavy atom. The molecule has 6 nitrogen and oxygen atoms in total. The van der Waals surface area contributed by atoms with Crippen LogP contribution in [0.15, 0.2) is 158 Å². The number of aryl methyl sites for hydroxylation is 2. The molecule has 0 unspecified atom stereocenters. The number of hydrogen-bond donors (Lipinski definition) is 2. The fourth-order valence-electron chi connectivity index (χ4n) is 9.29. The molecule has 0 aliphatic heterocycles. The minimum atomic E-state index is -0.451. The highest BCUT2D eigenvalue weighted by Gasteiger charge is 2.24. The largest absolute Gasteiger partial charge is 0.505 e. The first-order valence-corrected chi connectivity index (χ1v) is 21.6. The fraction of sp³-hybridized carbons (Fsp3) is 0.143. The van der Waals surface area contributed by atoms with Crippen LogP contribution in [0.4, 0.5) is 8.78 Å². The van der Waals surface area contributed by atoms with Gasteiger partial charge >= 0.3 is 0 Å². The third-order valence-electron chi connectivity index (χ3n) is 12.2. The average molecular weight is 849 g/mol. The Morgan fingerprint density at radius 2 is 0.766 bits per heavy atom. The van der Waals surface area contributed by atoms with Gasteiger partial charge in [-0.25, -0.2) is 8.78 Å². The van der Waals surface area contributed by atoms with Gasteiger partial charge in [-0.15, -0.1) is 0 Å².